The van der Waals surface area contributed by atoms with E-state index in [1.165, 1.54) is 21.9 Å². The monoisotopic (exact) mass is 607 g/mol. The molecular formula is C36H37NO4SSi. The van der Waals surface area contributed by atoms with Crippen molar-refractivity contribution in [2.45, 2.75) is 67.2 Å². The average Bonchev–Trinajstić information content (AvgIpc) is 3.75. The molecular weight excluding hydrogens is 571 g/mol. The molecule has 2 atom stereocenters. The molecule has 6 rings (SSSR count). The van der Waals surface area contributed by atoms with E-state index >= 15 is 0 Å². The highest BCUT2D eigenvalue weighted by Gasteiger charge is 2.43. The zero-order valence-electron chi connectivity index (χ0n) is 25.2. The number of nitrogens with zero attached hydrogens (tertiary/aromatic N) is 1. The third-order valence-corrected chi connectivity index (χ3v) is 11.1. The van der Waals surface area contributed by atoms with Gasteiger partial charge < -0.3 is 9.47 Å². The normalized spacial score (nSPS) is 17.7. The molecule has 1 aromatic heterocycles. The summed E-state index contributed by atoms with van der Waals surface area (Å²) in [5.41, 5.74) is 4.12. The molecule has 1 saturated carbocycles. The molecule has 0 saturated heterocycles. The van der Waals surface area contributed by atoms with Gasteiger partial charge in [-0.1, -0.05) is 85.7 Å². The van der Waals surface area contributed by atoms with Crippen LogP contribution in [0.4, 0.5) is 0 Å². The van der Waals surface area contributed by atoms with E-state index in [1.54, 1.807) is 29.5 Å². The Kier molecular flexibility index (Phi) is 8.26. The highest BCUT2D eigenvalue weighted by Crippen LogP contribution is 2.51. The summed E-state index contributed by atoms with van der Waals surface area (Å²) in [5, 5.41) is 2.84. The molecule has 2 unspecified atom stereocenters. The molecule has 0 bridgehead atoms. The van der Waals surface area contributed by atoms with Crippen LogP contribution < -0.4 is 10.3 Å². The molecule has 2 aliphatic rings. The molecule has 0 amide bonds. The number of rotatable bonds is 8. The number of benzene rings is 3. The van der Waals surface area contributed by atoms with Gasteiger partial charge in [-0.3, -0.25) is 9.36 Å². The van der Waals surface area contributed by atoms with Crippen molar-refractivity contribution in [3.63, 3.8) is 0 Å². The molecule has 2 heterocycles. The summed E-state index contributed by atoms with van der Waals surface area (Å²) in [5.74, 6) is 7.38. The number of pyridine rings is 1. The van der Waals surface area contributed by atoms with Crippen molar-refractivity contribution >= 4 is 36.6 Å². The Labute approximate surface area is 258 Å². The fraction of sp³-hybridized carbons (Fsp3) is 0.333. The lowest BCUT2D eigenvalue weighted by atomic mass is 9.95. The molecule has 1 aliphatic carbocycles. The minimum Gasteiger partial charge on any atom is -0.497 e. The largest absolute Gasteiger partial charge is 0.497 e. The van der Waals surface area contributed by atoms with Crippen LogP contribution in [0.2, 0.25) is 25.7 Å². The molecule has 43 heavy (non-hydrogen) atoms. The van der Waals surface area contributed by atoms with Crippen LogP contribution in [0.25, 0.3) is 10.8 Å². The number of aromatic nitrogens is 1. The number of thioether (sulfide) groups is 1. The molecule has 0 radical (unpaired) electrons. The SMILES string of the molecule is COc1ccc(C#CC2Sc3c(C4CC4)c(Cc4cccc5ccccc45)cc(=O)n3C2C(=O)OCC[Si](C)(C)C)cc1. The van der Waals surface area contributed by atoms with Gasteiger partial charge in [0.25, 0.3) is 5.56 Å². The molecule has 0 spiro atoms. The summed E-state index contributed by atoms with van der Waals surface area (Å²) in [6.07, 6.45) is 2.84. The van der Waals surface area contributed by atoms with Gasteiger partial charge in [-0.2, -0.15) is 0 Å². The molecule has 1 fully saturated rings. The zero-order valence-corrected chi connectivity index (χ0v) is 27.0. The van der Waals surface area contributed by atoms with Crippen molar-refractivity contribution < 1.29 is 14.3 Å². The average molecular weight is 608 g/mol. The minimum absolute atomic E-state index is 0.164. The van der Waals surface area contributed by atoms with E-state index in [2.05, 4.69) is 73.9 Å². The van der Waals surface area contributed by atoms with Gasteiger partial charge in [-0.05, 0) is 83.0 Å². The first-order valence-corrected chi connectivity index (χ1v) is 19.5. The third-order valence-electron chi connectivity index (χ3n) is 8.17. The molecule has 1 aliphatic heterocycles. The summed E-state index contributed by atoms with van der Waals surface area (Å²) in [6, 6.07) is 24.2. The van der Waals surface area contributed by atoms with Crippen molar-refractivity contribution in [3.05, 3.63) is 105 Å². The number of esters is 1. The summed E-state index contributed by atoms with van der Waals surface area (Å²) in [4.78, 5) is 27.6. The molecule has 0 N–H and O–H groups in total. The Hall–Kier alpha value is -3.73. The second-order valence-electron chi connectivity index (χ2n) is 12.6. The maximum atomic E-state index is 13.9. The second kappa shape index (κ2) is 12.1. The highest BCUT2D eigenvalue weighted by atomic mass is 32.2. The van der Waals surface area contributed by atoms with Gasteiger partial charge in [0.15, 0.2) is 6.04 Å². The van der Waals surface area contributed by atoms with Gasteiger partial charge in [0.2, 0.25) is 0 Å². The van der Waals surface area contributed by atoms with Gasteiger partial charge in [-0.25, -0.2) is 4.79 Å². The van der Waals surface area contributed by atoms with Crippen molar-refractivity contribution in [2.75, 3.05) is 13.7 Å². The van der Waals surface area contributed by atoms with E-state index in [0.29, 0.717) is 18.9 Å². The van der Waals surface area contributed by atoms with Crippen LogP contribution in [-0.4, -0.2) is 37.6 Å². The van der Waals surface area contributed by atoms with Crippen molar-refractivity contribution in [3.8, 4) is 17.6 Å². The Morgan fingerprint density at radius 1 is 1.00 bits per heavy atom. The van der Waals surface area contributed by atoms with Crippen molar-refractivity contribution in [1.29, 1.82) is 0 Å². The number of methoxy groups -OCH3 is 1. The number of fused-ring (bicyclic) bond motifs is 2. The molecule has 3 aromatic carbocycles. The van der Waals surface area contributed by atoms with Gasteiger partial charge >= 0.3 is 5.97 Å². The van der Waals surface area contributed by atoms with Crippen LogP contribution in [-0.2, 0) is 16.0 Å². The van der Waals surface area contributed by atoms with E-state index in [0.717, 1.165) is 40.8 Å². The summed E-state index contributed by atoms with van der Waals surface area (Å²) >= 11 is 1.55. The lowest BCUT2D eigenvalue weighted by Crippen LogP contribution is -2.34. The number of carbonyl (C=O) groups is 1. The van der Waals surface area contributed by atoms with Crippen LogP contribution in [0.3, 0.4) is 0 Å². The first-order chi connectivity index (χ1) is 20.7. The van der Waals surface area contributed by atoms with Crippen LogP contribution in [0.5, 0.6) is 5.75 Å². The second-order valence-corrected chi connectivity index (χ2v) is 19.4. The number of hydrogen-bond acceptors (Lipinski definition) is 5. The van der Waals surface area contributed by atoms with Crippen LogP contribution >= 0.6 is 11.8 Å². The summed E-state index contributed by atoms with van der Waals surface area (Å²) < 4.78 is 12.8. The number of ether oxygens (including phenoxy) is 2. The highest BCUT2D eigenvalue weighted by molar-refractivity contribution is 8.00. The smallest absolute Gasteiger partial charge is 0.331 e. The topological polar surface area (TPSA) is 57.5 Å². The molecule has 220 valence electrons. The van der Waals surface area contributed by atoms with Gasteiger partial charge in [-0.15, -0.1) is 0 Å². The number of hydrogen-bond donors (Lipinski definition) is 0. The van der Waals surface area contributed by atoms with Gasteiger partial charge in [0, 0.05) is 19.7 Å². The fourth-order valence-electron chi connectivity index (χ4n) is 5.68. The van der Waals surface area contributed by atoms with Crippen LogP contribution in [0.15, 0.2) is 82.6 Å². The summed E-state index contributed by atoms with van der Waals surface area (Å²) in [7, 11) is 0.235. The maximum absolute atomic E-state index is 13.9. The van der Waals surface area contributed by atoms with Gasteiger partial charge in [0.1, 0.15) is 11.0 Å². The fourth-order valence-corrected chi connectivity index (χ4v) is 7.86. The van der Waals surface area contributed by atoms with E-state index < -0.39 is 19.4 Å². The van der Waals surface area contributed by atoms with Crippen molar-refractivity contribution in [2.24, 2.45) is 0 Å². The Balaban J connectivity index is 1.40. The molecule has 4 aromatic rings. The quantitative estimate of drug-likeness (QED) is 0.119. The van der Waals surface area contributed by atoms with E-state index in [-0.39, 0.29) is 11.5 Å². The number of carbonyl (C=O) groups excluding carboxylic acids is 1. The Bertz CT molecular complexity index is 1790. The predicted octanol–water partition coefficient (Wildman–Crippen LogP) is 7.43. The van der Waals surface area contributed by atoms with Crippen molar-refractivity contribution in [1.82, 2.24) is 4.57 Å². The standard InChI is InChI=1S/C36H37NO4SSi/c1-40-29-17-12-24(13-18-29)14-19-31-34(36(39)41-20-21-43(2,3)4)37-32(38)23-28(33(26-15-16-26)35(37)42-31)22-27-10-7-9-25-8-5-6-11-30(25)27/h5-13,17-18,23,26,31,34H,15-16,20-22H2,1-4H3. The molecule has 5 nitrogen and oxygen atoms in total. The van der Waals surface area contributed by atoms with Gasteiger partial charge in [0.05, 0.1) is 18.7 Å². The Morgan fingerprint density at radius 3 is 2.47 bits per heavy atom. The lowest BCUT2D eigenvalue weighted by molar-refractivity contribution is -0.146. The Morgan fingerprint density at radius 2 is 1.74 bits per heavy atom. The van der Waals surface area contributed by atoms with E-state index in [1.807, 2.05) is 24.3 Å². The minimum atomic E-state index is -1.40. The maximum Gasteiger partial charge on any atom is 0.331 e. The third kappa shape index (κ3) is 6.46. The first-order valence-electron chi connectivity index (χ1n) is 15.0. The predicted molar refractivity (Wildman–Crippen MR) is 177 cm³/mol. The van der Waals surface area contributed by atoms with E-state index in [4.69, 9.17) is 9.47 Å². The first kappa shape index (κ1) is 29.3. The van der Waals surface area contributed by atoms with Crippen LogP contribution in [0.1, 0.15) is 47.1 Å². The lowest BCUT2D eigenvalue weighted by Gasteiger charge is -2.20. The van der Waals surface area contributed by atoms with E-state index in [9.17, 15) is 9.59 Å². The van der Waals surface area contributed by atoms with Crippen LogP contribution in [0, 0.1) is 11.8 Å². The molecule has 7 heteroatoms. The zero-order chi connectivity index (χ0) is 30.1. The summed E-state index contributed by atoms with van der Waals surface area (Å²) in [6.45, 7) is 7.14.